The molecule has 0 aromatic heterocycles. The van der Waals surface area contributed by atoms with E-state index in [1.165, 1.54) is 18.0 Å². The number of hydroxylamine groups is 1. The molecule has 0 spiro atoms. The molecule has 0 radical (unpaired) electrons. The molecule has 178 valence electrons. The van der Waals surface area contributed by atoms with Crippen molar-refractivity contribution in [1.29, 1.82) is 0 Å². The van der Waals surface area contributed by atoms with Gasteiger partial charge in [0.15, 0.2) is 0 Å². The van der Waals surface area contributed by atoms with Gasteiger partial charge in [0.25, 0.3) is 11.8 Å². The lowest BCUT2D eigenvalue weighted by Crippen LogP contribution is -2.51. The zero-order chi connectivity index (χ0) is 24.3. The van der Waals surface area contributed by atoms with Gasteiger partial charge in [0.2, 0.25) is 0 Å². The van der Waals surface area contributed by atoms with Crippen molar-refractivity contribution in [2.75, 3.05) is 26.3 Å². The van der Waals surface area contributed by atoms with Crippen LogP contribution in [0.15, 0.2) is 54.6 Å². The van der Waals surface area contributed by atoms with Crippen molar-refractivity contribution < 1.29 is 24.6 Å². The third-order valence-electron chi connectivity index (χ3n) is 5.37. The van der Waals surface area contributed by atoms with Crippen molar-refractivity contribution in [3.05, 3.63) is 76.9 Å². The van der Waals surface area contributed by atoms with Gasteiger partial charge >= 0.3 is 0 Å². The Kier molecular flexibility index (Phi) is 9.38. The van der Waals surface area contributed by atoms with Crippen LogP contribution in [0.3, 0.4) is 0 Å². The quantitative estimate of drug-likeness (QED) is 0.282. The van der Waals surface area contributed by atoms with Gasteiger partial charge in [0.05, 0.1) is 19.3 Å². The number of benzene rings is 2. The van der Waals surface area contributed by atoms with Gasteiger partial charge in [-0.2, -0.15) is 0 Å². The second-order valence-electron chi connectivity index (χ2n) is 7.98. The number of hydrogen-bond acceptors (Lipinski definition) is 6. The van der Waals surface area contributed by atoms with Crippen LogP contribution in [-0.2, 0) is 16.1 Å². The molecule has 0 saturated carbocycles. The van der Waals surface area contributed by atoms with Gasteiger partial charge in [-0.15, -0.1) is 0 Å². The third-order valence-corrected chi connectivity index (χ3v) is 5.37. The van der Waals surface area contributed by atoms with Crippen LogP contribution in [0.2, 0.25) is 0 Å². The minimum atomic E-state index is -1.26. The zero-order valence-corrected chi connectivity index (χ0v) is 19.0. The van der Waals surface area contributed by atoms with E-state index < -0.39 is 24.0 Å². The number of aliphatic hydroxyl groups is 1. The van der Waals surface area contributed by atoms with E-state index in [4.69, 9.17) is 9.94 Å². The normalized spacial score (nSPS) is 15.7. The predicted octanol–water partition coefficient (Wildman–Crippen LogP) is 1.57. The molecule has 0 bridgehead atoms. The largest absolute Gasteiger partial charge is 0.391 e. The summed E-state index contributed by atoms with van der Waals surface area (Å²) in [6.45, 7) is 5.76. The van der Waals surface area contributed by atoms with E-state index in [-0.39, 0.29) is 0 Å². The Labute approximate surface area is 199 Å². The van der Waals surface area contributed by atoms with Crippen molar-refractivity contribution in [2.45, 2.75) is 25.6 Å². The topological polar surface area (TPSA) is 111 Å². The Bertz CT molecular complexity index is 1050. The van der Waals surface area contributed by atoms with Crippen LogP contribution in [0.25, 0.3) is 6.08 Å². The maximum Gasteiger partial charge on any atom is 0.268 e. The molecule has 2 amide bonds. The average Bonchev–Trinajstić information content (AvgIpc) is 2.86. The van der Waals surface area contributed by atoms with Crippen LogP contribution in [0.4, 0.5) is 0 Å². The van der Waals surface area contributed by atoms with Crippen LogP contribution in [0, 0.1) is 11.8 Å². The lowest BCUT2D eigenvalue weighted by Gasteiger charge is -2.26. The first kappa shape index (κ1) is 25.1. The van der Waals surface area contributed by atoms with Crippen LogP contribution >= 0.6 is 0 Å². The molecule has 1 heterocycles. The highest BCUT2D eigenvalue weighted by molar-refractivity contribution is 5.97. The fourth-order valence-corrected chi connectivity index (χ4v) is 3.42. The van der Waals surface area contributed by atoms with Crippen molar-refractivity contribution in [2.24, 2.45) is 0 Å². The second kappa shape index (κ2) is 12.7. The number of rotatable bonds is 7. The molecular formula is C26H29N3O5. The highest BCUT2D eigenvalue weighted by Gasteiger charge is 2.25. The minimum Gasteiger partial charge on any atom is -0.391 e. The van der Waals surface area contributed by atoms with Crippen LogP contribution in [0.1, 0.15) is 34.0 Å². The Balaban J connectivity index is 1.52. The fourth-order valence-electron chi connectivity index (χ4n) is 3.42. The van der Waals surface area contributed by atoms with E-state index in [9.17, 15) is 14.7 Å². The molecule has 1 aliphatic rings. The van der Waals surface area contributed by atoms with Crippen LogP contribution in [-0.4, -0.2) is 65.5 Å². The Morgan fingerprint density at radius 1 is 1.12 bits per heavy atom. The average molecular weight is 464 g/mol. The first-order chi connectivity index (χ1) is 16.5. The SMILES string of the molecule is C[C@H](O)[C@H](NC(=O)c1ccc(/C=C/C#Cc2ccc(CN3CCOCC3)cc2)cc1)C(=O)NO. The van der Waals surface area contributed by atoms with Gasteiger partial charge in [-0.1, -0.05) is 36.1 Å². The maximum atomic E-state index is 12.3. The summed E-state index contributed by atoms with van der Waals surface area (Å²) in [6.07, 6.45) is 2.41. The standard InChI is InChI=1S/C26H29N3O5/c1-19(30)24(26(32)28-33)27-25(31)23-12-10-21(11-13-23)5-3-2-4-20-6-8-22(9-7-20)18-29-14-16-34-17-15-29/h3,5-13,19,24,30,33H,14-18H2,1H3,(H,27,31)(H,28,32)/b5-3+/t19-,24-/m0/s1. The number of morpholine rings is 1. The maximum absolute atomic E-state index is 12.3. The molecule has 2 aromatic rings. The smallest absolute Gasteiger partial charge is 0.268 e. The van der Waals surface area contributed by atoms with Gasteiger partial charge in [-0.3, -0.25) is 19.7 Å². The number of allylic oxidation sites excluding steroid dienone is 1. The summed E-state index contributed by atoms with van der Waals surface area (Å²) in [5.74, 6) is 4.69. The van der Waals surface area contributed by atoms with Gasteiger partial charge in [0, 0.05) is 30.8 Å². The monoisotopic (exact) mass is 463 g/mol. The molecule has 2 aromatic carbocycles. The molecule has 4 N–H and O–H groups in total. The Morgan fingerprint density at radius 2 is 1.79 bits per heavy atom. The van der Waals surface area contributed by atoms with Gasteiger partial charge in [-0.25, -0.2) is 5.48 Å². The first-order valence-electron chi connectivity index (χ1n) is 11.1. The Morgan fingerprint density at radius 3 is 2.41 bits per heavy atom. The second-order valence-corrected chi connectivity index (χ2v) is 7.98. The lowest BCUT2D eigenvalue weighted by molar-refractivity contribution is -0.133. The van der Waals surface area contributed by atoms with Gasteiger partial charge in [-0.05, 0) is 54.5 Å². The van der Waals surface area contributed by atoms with E-state index in [2.05, 4.69) is 34.2 Å². The van der Waals surface area contributed by atoms with E-state index in [0.29, 0.717) is 5.56 Å². The van der Waals surface area contributed by atoms with E-state index in [1.54, 1.807) is 30.3 Å². The molecule has 1 aliphatic heterocycles. The number of aliphatic hydroxyl groups excluding tert-OH is 1. The summed E-state index contributed by atoms with van der Waals surface area (Å²) < 4.78 is 5.38. The number of carbonyl (C=O) groups is 2. The molecule has 1 fully saturated rings. The van der Waals surface area contributed by atoms with E-state index in [0.717, 1.165) is 44.0 Å². The summed E-state index contributed by atoms with van der Waals surface area (Å²) >= 11 is 0. The van der Waals surface area contributed by atoms with Crippen molar-refractivity contribution in [3.8, 4) is 11.8 Å². The number of amides is 2. The summed E-state index contributed by atoms with van der Waals surface area (Å²) in [6, 6.07) is 13.7. The minimum absolute atomic E-state index is 0.316. The van der Waals surface area contributed by atoms with Crippen molar-refractivity contribution in [1.82, 2.24) is 15.7 Å². The molecule has 8 nitrogen and oxygen atoms in total. The molecule has 34 heavy (non-hydrogen) atoms. The zero-order valence-electron chi connectivity index (χ0n) is 19.0. The summed E-state index contributed by atoms with van der Waals surface area (Å²) in [7, 11) is 0. The molecule has 2 atom stereocenters. The molecule has 0 unspecified atom stereocenters. The van der Waals surface area contributed by atoms with Crippen molar-refractivity contribution >= 4 is 17.9 Å². The van der Waals surface area contributed by atoms with Crippen LogP contribution < -0.4 is 10.8 Å². The number of nitrogens with one attached hydrogen (secondary N) is 2. The van der Waals surface area contributed by atoms with Crippen LogP contribution in [0.5, 0.6) is 0 Å². The number of hydrogen-bond donors (Lipinski definition) is 4. The summed E-state index contributed by atoms with van der Waals surface area (Å²) in [5.41, 5.74) is 4.79. The number of carbonyl (C=O) groups excluding carboxylic acids is 2. The number of ether oxygens (including phenoxy) is 1. The summed E-state index contributed by atoms with van der Waals surface area (Å²) in [4.78, 5) is 26.2. The third kappa shape index (κ3) is 7.54. The van der Waals surface area contributed by atoms with E-state index >= 15 is 0 Å². The molecule has 8 heteroatoms. The Hall–Kier alpha value is -3.48. The van der Waals surface area contributed by atoms with Gasteiger partial charge in [0.1, 0.15) is 6.04 Å². The van der Waals surface area contributed by atoms with Gasteiger partial charge < -0.3 is 15.2 Å². The van der Waals surface area contributed by atoms with Crippen molar-refractivity contribution in [3.63, 3.8) is 0 Å². The highest BCUT2D eigenvalue weighted by atomic mass is 16.5. The lowest BCUT2D eigenvalue weighted by atomic mass is 10.1. The van der Waals surface area contributed by atoms with E-state index in [1.807, 2.05) is 18.2 Å². The summed E-state index contributed by atoms with van der Waals surface area (Å²) in [5, 5.41) is 20.7. The molecular weight excluding hydrogens is 434 g/mol. The molecule has 3 rings (SSSR count). The fraction of sp³-hybridized carbons (Fsp3) is 0.308. The molecule has 0 aliphatic carbocycles. The highest BCUT2D eigenvalue weighted by Crippen LogP contribution is 2.10. The predicted molar refractivity (Wildman–Crippen MR) is 128 cm³/mol. The first-order valence-corrected chi connectivity index (χ1v) is 11.1. The number of nitrogens with zero attached hydrogens (tertiary/aromatic N) is 1. The molecule has 1 saturated heterocycles.